The number of nitrogens with zero attached hydrogens (tertiary/aromatic N) is 1. The number of ether oxygens (including phenoxy) is 1. The smallest absolute Gasteiger partial charge is 0.166 e. The summed E-state index contributed by atoms with van der Waals surface area (Å²) in [5, 5.41) is 12.4. The van der Waals surface area contributed by atoms with Crippen LogP contribution in [0.5, 0.6) is 11.5 Å². The fourth-order valence-corrected chi connectivity index (χ4v) is 2.38. The second kappa shape index (κ2) is 6.31. The lowest BCUT2D eigenvalue weighted by Gasteiger charge is -2.07. The zero-order valence-corrected chi connectivity index (χ0v) is 12.4. The Hall–Kier alpha value is -2.81. The lowest BCUT2D eigenvalue weighted by molar-refractivity contribution is 0.318. The standard InChI is InChI=1S/C19H17NO2/c1-2-22-18-12-6-9-15(19(18)21)13-20-17-11-5-8-14-7-3-4-10-16(14)17/h3-13,21H,2H2,1H3. The molecule has 0 aliphatic carbocycles. The largest absolute Gasteiger partial charge is 0.504 e. The molecule has 0 amide bonds. The van der Waals surface area contributed by atoms with Gasteiger partial charge in [-0.25, -0.2) is 0 Å². The third-order valence-electron chi connectivity index (χ3n) is 3.44. The van der Waals surface area contributed by atoms with Crippen molar-refractivity contribution in [2.24, 2.45) is 4.99 Å². The number of aromatic hydroxyl groups is 1. The Kier molecular flexibility index (Phi) is 4.05. The summed E-state index contributed by atoms with van der Waals surface area (Å²) < 4.78 is 5.39. The molecule has 0 saturated heterocycles. The Morgan fingerprint density at radius 1 is 1.00 bits per heavy atom. The van der Waals surface area contributed by atoms with Gasteiger partial charge in [0.25, 0.3) is 0 Å². The molecule has 3 aromatic rings. The highest BCUT2D eigenvalue weighted by molar-refractivity contribution is 5.96. The first-order valence-electron chi connectivity index (χ1n) is 7.26. The highest BCUT2D eigenvalue weighted by Gasteiger charge is 2.06. The minimum atomic E-state index is 0.119. The number of hydrogen-bond acceptors (Lipinski definition) is 3. The van der Waals surface area contributed by atoms with Crippen LogP contribution < -0.4 is 4.74 Å². The topological polar surface area (TPSA) is 41.8 Å². The van der Waals surface area contributed by atoms with Crippen LogP contribution in [0.4, 0.5) is 5.69 Å². The molecular weight excluding hydrogens is 274 g/mol. The van der Waals surface area contributed by atoms with Gasteiger partial charge in [-0.15, -0.1) is 0 Å². The van der Waals surface area contributed by atoms with Gasteiger partial charge in [-0.3, -0.25) is 4.99 Å². The number of fused-ring (bicyclic) bond motifs is 1. The average molecular weight is 291 g/mol. The predicted molar refractivity (Wildman–Crippen MR) is 90.5 cm³/mol. The van der Waals surface area contributed by atoms with Gasteiger partial charge in [0.2, 0.25) is 0 Å². The van der Waals surface area contributed by atoms with Crippen LogP contribution in [-0.4, -0.2) is 17.9 Å². The highest BCUT2D eigenvalue weighted by atomic mass is 16.5. The molecule has 0 saturated carbocycles. The van der Waals surface area contributed by atoms with Gasteiger partial charge >= 0.3 is 0 Å². The first-order chi connectivity index (χ1) is 10.8. The normalized spacial score (nSPS) is 11.1. The molecule has 0 aliphatic rings. The van der Waals surface area contributed by atoms with Gasteiger partial charge < -0.3 is 9.84 Å². The second-order valence-electron chi connectivity index (χ2n) is 4.88. The van der Waals surface area contributed by atoms with E-state index < -0.39 is 0 Å². The summed E-state index contributed by atoms with van der Waals surface area (Å²) in [6.07, 6.45) is 1.67. The molecule has 0 atom stereocenters. The van der Waals surface area contributed by atoms with E-state index in [0.29, 0.717) is 17.9 Å². The average Bonchev–Trinajstić information content (AvgIpc) is 2.56. The number of hydrogen-bond donors (Lipinski definition) is 1. The van der Waals surface area contributed by atoms with Crippen molar-refractivity contribution in [3.05, 3.63) is 66.2 Å². The van der Waals surface area contributed by atoms with Crippen LogP contribution in [0.1, 0.15) is 12.5 Å². The van der Waals surface area contributed by atoms with Gasteiger partial charge in [0.15, 0.2) is 11.5 Å². The molecule has 3 heteroatoms. The maximum absolute atomic E-state index is 10.2. The lowest BCUT2D eigenvalue weighted by atomic mass is 10.1. The van der Waals surface area contributed by atoms with E-state index in [1.807, 2.05) is 49.4 Å². The number of phenolic OH excluding ortho intramolecular Hbond substituents is 1. The summed E-state index contributed by atoms with van der Waals surface area (Å²) in [5.74, 6) is 0.595. The monoisotopic (exact) mass is 291 g/mol. The van der Waals surface area contributed by atoms with Crippen LogP contribution >= 0.6 is 0 Å². The van der Waals surface area contributed by atoms with Crippen molar-refractivity contribution in [3.63, 3.8) is 0 Å². The first-order valence-corrected chi connectivity index (χ1v) is 7.26. The van der Waals surface area contributed by atoms with E-state index in [9.17, 15) is 5.11 Å². The van der Waals surface area contributed by atoms with E-state index in [-0.39, 0.29) is 5.75 Å². The van der Waals surface area contributed by atoms with Gasteiger partial charge in [0, 0.05) is 17.2 Å². The van der Waals surface area contributed by atoms with Crippen molar-refractivity contribution in [1.82, 2.24) is 0 Å². The molecule has 0 radical (unpaired) electrons. The third kappa shape index (κ3) is 2.79. The van der Waals surface area contributed by atoms with E-state index in [1.54, 1.807) is 12.3 Å². The summed E-state index contributed by atoms with van der Waals surface area (Å²) in [7, 11) is 0. The fraction of sp³-hybridized carbons (Fsp3) is 0.105. The summed E-state index contributed by atoms with van der Waals surface area (Å²) in [6, 6.07) is 19.5. The molecule has 1 N–H and O–H groups in total. The number of rotatable bonds is 4. The van der Waals surface area contributed by atoms with Crippen molar-refractivity contribution in [3.8, 4) is 11.5 Å². The van der Waals surface area contributed by atoms with Gasteiger partial charge in [0.1, 0.15) is 0 Å². The molecule has 3 rings (SSSR count). The molecular formula is C19H17NO2. The van der Waals surface area contributed by atoms with Crippen LogP contribution in [0.3, 0.4) is 0 Å². The Balaban J connectivity index is 1.98. The van der Waals surface area contributed by atoms with E-state index in [4.69, 9.17) is 4.74 Å². The molecule has 3 nitrogen and oxygen atoms in total. The third-order valence-corrected chi connectivity index (χ3v) is 3.44. The van der Waals surface area contributed by atoms with Gasteiger partial charge in [-0.05, 0) is 30.5 Å². The Morgan fingerprint density at radius 2 is 1.77 bits per heavy atom. The van der Waals surface area contributed by atoms with Gasteiger partial charge in [-0.2, -0.15) is 0 Å². The molecule has 0 bridgehead atoms. The van der Waals surface area contributed by atoms with E-state index in [2.05, 4.69) is 17.1 Å². The van der Waals surface area contributed by atoms with Crippen LogP contribution in [0.2, 0.25) is 0 Å². The van der Waals surface area contributed by atoms with Crippen molar-refractivity contribution < 1.29 is 9.84 Å². The maximum atomic E-state index is 10.2. The Labute approximate surface area is 129 Å². The maximum Gasteiger partial charge on any atom is 0.166 e. The molecule has 22 heavy (non-hydrogen) atoms. The van der Waals surface area contributed by atoms with Crippen molar-refractivity contribution in [2.75, 3.05) is 6.61 Å². The zero-order chi connectivity index (χ0) is 15.4. The minimum absolute atomic E-state index is 0.119. The van der Waals surface area contributed by atoms with Gasteiger partial charge in [0.05, 0.1) is 12.3 Å². The molecule has 0 spiro atoms. The molecule has 0 heterocycles. The summed E-state index contributed by atoms with van der Waals surface area (Å²) in [4.78, 5) is 4.53. The fourth-order valence-electron chi connectivity index (χ4n) is 2.38. The Bertz CT molecular complexity index is 819. The molecule has 0 fully saturated rings. The van der Waals surface area contributed by atoms with E-state index in [0.717, 1.165) is 16.5 Å². The molecule has 0 unspecified atom stereocenters. The number of aliphatic imine (C=N–C) groups is 1. The lowest BCUT2D eigenvalue weighted by Crippen LogP contribution is -1.93. The van der Waals surface area contributed by atoms with Crippen molar-refractivity contribution in [2.45, 2.75) is 6.92 Å². The van der Waals surface area contributed by atoms with Gasteiger partial charge in [-0.1, -0.05) is 42.5 Å². The molecule has 3 aromatic carbocycles. The number of phenols is 1. The quantitative estimate of drug-likeness (QED) is 0.708. The van der Waals surface area contributed by atoms with Crippen molar-refractivity contribution >= 4 is 22.7 Å². The summed E-state index contributed by atoms with van der Waals surface area (Å²) >= 11 is 0. The second-order valence-corrected chi connectivity index (χ2v) is 4.88. The van der Waals surface area contributed by atoms with Crippen LogP contribution in [0, 0.1) is 0 Å². The number of benzene rings is 3. The van der Waals surface area contributed by atoms with E-state index >= 15 is 0 Å². The SMILES string of the molecule is CCOc1cccc(C=Nc2cccc3ccccc23)c1O. The highest BCUT2D eigenvalue weighted by Crippen LogP contribution is 2.30. The first kappa shape index (κ1) is 14.1. The summed E-state index contributed by atoms with van der Waals surface area (Å²) in [5.41, 5.74) is 1.51. The Morgan fingerprint density at radius 3 is 2.64 bits per heavy atom. The van der Waals surface area contributed by atoms with Crippen LogP contribution in [0.15, 0.2) is 65.7 Å². The predicted octanol–water partition coefficient (Wildman–Crippen LogP) is 4.69. The summed E-state index contributed by atoms with van der Waals surface area (Å²) in [6.45, 7) is 2.40. The van der Waals surface area contributed by atoms with Crippen LogP contribution in [0.25, 0.3) is 10.8 Å². The molecule has 110 valence electrons. The molecule has 0 aromatic heterocycles. The minimum Gasteiger partial charge on any atom is -0.504 e. The molecule has 0 aliphatic heterocycles. The van der Waals surface area contributed by atoms with E-state index in [1.165, 1.54) is 0 Å². The zero-order valence-electron chi connectivity index (χ0n) is 12.4. The van der Waals surface area contributed by atoms with Crippen molar-refractivity contribution in [1.29, 1.82) is 0 Å². The van der Waals surface area contributed by atoms with Crippen LogP contribution in [-0.2, 0) is 0 Å². The number of para-hydroxylation sites is 1.